The lowest BCUT2D eigenvalue weighted by molar-refractivity contribution is 0.284. The fourth-order valence-electron chi connectivity index (χ4n) is 1.05. The van der Waals surface area contributed by atoms with E-state index in [1.54, 1.807) is 0 Å². The monoisotopic (exact) mass is 233 g/mol. The van der Waals surface area contributed by atoms with Gasteiger partial charge in [0.1, 0.15) is 0 Å². The van der Waals surface area contributed by atoms with Gasteiger partial charge in [-0.25, -0.2) is 4.98 Å². The van der Waals surface area contributed by atoms with Crippen LogP contribution in [0, 0.1) is 6.92 Å². The van der Waals surface area contributed by atoms with E-state index in [4.69, 9.17) is 5.11 Å². The predicted octanol–water partition coefficient (Wildman–Crippen LogP) is 1.72. The third-order valence-corrected chi connectivity index (χ3v) is 4.52. The van der Waals surface area contributed by atoms with Gasteiger partial charge in [-0.1, -0.05) is 6.42 Å². The lowest BCUT2D eigenvalue weighted by Gasteiger charge is -1.97. The van der Waals surface area contributed by atoms with Gasteiger partial charge in [-0.2, -0.15) is 0 Å². The summed E-state index contributed by atoms with van der Waals surface area (Å²) >= 11 is 1.46. The fraction of sp³-hybridized carbons (Fsp3) is 0.667. The van der Waals surface area contributed by atoms with E-state index >= 15 is 0 Å². The highest BCUT2D eigenvalue weighted by Crippen LogP contribution is 2.14. The van der Waals surface area contributed by atoms with Crippen LogP contribution >= 0.6 is 11.3 Å². The lowest BCUT2D eigenvalue weighted by atomic mass is 10.3. The molecule has 80 valence electrons. The van der Waals surface area contributed by atoms with E-state index in [9.17, 15) is 4.21 Å². The van der Waals surface area contributed by atoms with Gasteiger partial charge in [-0.15, -0.1) is 11.3 Å². The summed E-state index contributed by atoms with van der Waals surface area (Å²) in [6.45, 7) is 2.13. The molecule has 1 aromatic rings. The van der Waals surface area contributed by atoms with E-state index in [0.717, 1.165) is 29.3 Å². The summed E-state index contributed by atoms with van der Waals surface area (Å²) in [4.78, 5) is 4.18. The van der Waals surface area contributed by atoms with Crippen LogP contribution < -0.4 is 0 Å². The van der Waals surface area contributed by atoms with E-state index < -0.39 is 10.8 Å². The second-order valence-electron chi connectivity index (χ2n) is 3.09. The van der Waals surface area contributed by atoms with E-state index in [-0.39, 0.29) is 6.61 Å². The molecule has 0 aliphatic heterocycles. The molecule has 0 aliphatic rings. The van der Waals surface area contributed by atoms with Crippen molar-refractivity contribution < 1.29 is 9.32 Å². The van der Waals surface area contributed by atoms with Crippen LogP contribution in [0.2, 0.25) is 0 Å². The van der Waals surface area contributed by atoms with E-state index in [1.165, 1.54) is 11.3 Å². The molecule has 0 aromatic carbocycles. The third-order valence-electron chi connectivity index (χ3n) is 1.78. The third kappa shape index (κ3) is 3.86. The number of unbranched alkanes of at least 4 members (excludes halogenated alkanes) is 2. The molecule has 1 atom stereocenters. The van der Waals surface area contributed by atoms with Gasteiger partial charge in [0, 0.05) is 23.4 Å². The minimum absolute atomic E-state index is 0.225. The number of hydrogen-bond acceptors (Lipinski definition) is 4. The van der Waals surface area contributed by atoms with E-state index in [0.29, 0.717) is 5.75 Å². The molecule has 0 saturated heterocycles. The number of hydrogen-bond donors (Lipinski definition) is 1. The van der Waals surface area contributed by atoms with Crippen molar-refractivity contribution in [2.24, 2.45) is 0 Å². The summed E-state index contributed by atoms with van der Waals surface area (Å²) in [5.74, 6) is 0.660. The predicted molar refractivity (Wildman–Crippen MR) is 59.1 cm³/mol. The summed E-state index contributed by atoms with van der Waals surface area (Å²) < 4.78 is 12.3. The minimum Gasteiger partial charge on any atom is -0.396 e. The summed E-state index contributed by atoms with van der Waals surface area (Å²) in [5, 5.41) is 10.5. The van der Waals surface area contributed by atoms with Gasteiger partial charge in [0.05, 0.1) is 10.8 Å². The molecule has 0 radical (unpaired) electrons. The first-order chi connectivity index (χ1) is 6.74. The van der Waals surface area contributed by atoms with Crippen LogP contribution in [0.4, 0.5) is 0 Å². The quantitative estimate of drug-likeness (QED) is 0.761. The topological polar surface area (TPSA) is 50.2 Å². The molecule has 1 unspecified atom stereocenters. The molecular weight excluding hydrogens is 218 g/mol. The zero-order chi connectivity index (χ0) is 10.4. The summed E-state index contributed by atoms with van der Waals surface area (Å²) in [6.07, 6.45) is 2.63. The zero-order valence-electron chi connectivity index (χ0n) is 8.23. The van der Waals surface area contributed by atoms with E-state index in [1.807, 2.05) is 12.3 Å². The number of aryl methyl sites for hydroxylation is 1. The molecular formula is C9H15NO2S2. The second-order valence-corrected chi connectivity index (χ2v) is 5.69. The maximum absolute atomic E-state index is 11.6. The minimum atomic E-state index is -0.940. The Balaban J connectivity index is 2.29. The first-order valence-electron chi connectivity index (χ1n) is 4.65. The van der Waals surface area contributed by atoms with Crippen LogP contribution in [0.5, 0.6) is 0 Å². The van der Waals surface area contributed by atoms with Crippen molar-refractivity contribution in [1.29, 1.82) is 0 Å². The van der Waals surface area contributed by atoms with Crippen molar-refractivity contribution >= 4 is 22.1 Å². The van der Waals surface area contributed by atoms with Crippen molar-refractivity contribution in [1.82, 2.24) is 4.98 Å². The van der Waals surface area contributed by atoms with Crippen molar-refractivity contribution in [3.05, 3.63) is 11.1 Å². The molecule has 14 heavy (non-hydrogen) atoms. The Labute approximate surface area is 90.6 Å². The van der Waals surface area contributed by atoms with Crippen LogP contribution in [-0.2, 0) is 10.8 Å². The normalized spacial score (nSPS) is 13.0. The Bertz CT molecular complexity index is 299. The zero-order valence-corrected chi connectivity index (χ0v) is 9.87. The molecule has 5 heteroatoms. The Morgan fingerprint density at radius 1 is 1.50 bits per heavy atom. The maximum Gasteiger partial charge on any atom is 0.180 e. The molecule has 1 aromatic heterocycles. The highest BCUT2D eigenvalue weighted by atomic mass is 32.2. The lowest BCUT2D eigenvalue weighted by Crippen LogP contribution is -1.98. The van der Waals surface area contributed by atoms with Crippen LogP contribution in [0.15, 0.2) is 9.72 Å². The van der Waals surface area contributed by atoms with E-state index in [2.05, 4.69) is 4.98 Å². The van der Waals surface area contributed by atoms with Crippen molar-refractivity contribution in [2.75, 3.05) is 12.4 Å². The highest BCUT2D eigenvalue weighted by molar-refractivity contribution is 7.87. The van der Waals surface area contributed by atoms with Gasteiger partial charge < -0.3 is 5.11 Å². The largest absolute Gasteiger partial charge is 0.396 e. The van der Waals surface area contributed by atoms with Crippen molar-refractivity contribution in [3.63, 3.8) is 0 Å². The van der Waals surface area contributed by atoms with Crippen LogP contribution in [0.1, 0.15) is 25.0 Å². The van der Waals surface area contributed by atoms with Crippen LogP contribution in [-0.4, -0.2) is 26.7 Å². The molecule has 0 spiro atoms. The summed E-state index contributed by atoms with van der Waals surface area (Å²) in [7, 11) is -0.940. The van der Waals surface area contributed by atoms with Crippen molar-refractivity contribution in [2.45, 2.75) is 30.5 Å². The van der Waals surface area contributed by atoms with Gasteiger partial charge in [-0.3, -0.25) is 4.21 Å². The molecule has 1 N–H and O–H groups in total. The average molecular weight is 233 g/mol. The molecule has 1 rings (SSSR count). The SMILES string of the molecule is Cc1csc(S(=O)CCCCCO)n1. The van der Waals surface area contributed by atoms with Gasteiger partial charge in [-0.05, 0) is 19.8 Å². The Hall–Kier alpha value is -0.260. The van der Waals surface area contributed by atoms with Gasteiger partial charge in [0.2, 0.25) is 0 Å². The number of thiazole rings is 1. The molecule has 0 fully saturated rings. The first-order valence-corrected chi connectivity index (χ1v) is 6.85. The van der Waals surface area contributed by atoms with Crippen LogP contribution in [0.3, 0.4) is 0 Å². The Kier molecular flexibility index (Phi) is 5.29. The fourth-order valence-corrected chi connectivity index (χ4v) is 3.28. The second kappa shape index (κ2) is 6.27. The van der Waals surface area contributed by atoms with Gasteiger partial charge in [0.15, 0.2) is 4.34 Å². The van der Waals surface area contributed by atoms with Crippen molar-refractivity contribution in [3.8, 4) is 0 Å². The standard InChI is InChI=1S/C9H15NO2S2/c1-8-7-13-9(10-8)14(12)6-4-2-3-5-11/h7,11H,2-6H2,1H3. The molecule has 0 bridgehead atoms. The molecule has 0 saturated carbocycles. The number of nitrogens with zero attached hydrogens (tertiary/aromatic N) is 1. The van der Waals surface area contributed by atoms with Gasteiger partial charge in [0.25, 0.3) is 0 Å². The smallest absolute Gasteiger partial charge is 0.180 e. The first kappa shape index (κ1) is 11.8. The Morgan fingerprint density at radius 3 is 2.86 bits per heavy atom. The summed E-state index contributed by atoms with van der Waals surface area (Å²) in [5.41, 5.74) is 0.939. The number of aromatic nitrogens is 1. The number of aliphatic hydroxyl groups is 1. The molecule has 0 amide bonds. The highest BCUT2D eigenvalue weighted by Gasteiger charge is 2.07. The summed E-state index contributed by atoms with van der Waals surface area (Å²) in [6, 6.07) is 0. The maximum atomic E-state index is 11.6. The number of aliphatic hydroxyl groups excluding tert-OH is 1. The van der Waals surface area contributed by atoms with Gasteiger partial charge >= 0.3 is 0 Å². The Morgan fingerprint density at radius 2 is 2.29 bits per heavy atom. The van der Waals surface area contributed by atoms with Crippen LogP contribution in [0.25, 0.3) is 0 Å². The molecule has 1 heterocycles. The average Bonchev–Trinajstić information content (AvgIpc) is 2.59. The molecule has 3 nitrogen and oxygen atoms in total. The molecule has 0 aliphatic carbocycles. The number of rotatable bonds is 6.